The first-order chi connectivity index (χ1) is 33.5. The standard InChI is InChI=1S/C62H96O6/c1-4-7-10-13-16-19-22-25-27-29-31-33-35-37-40-43-46-49-52-55-61(64)67-58-59(57-66-60(63)54-51-48-45-42-39-24-21-18-15-12-9-6-3)68-62(65)56-53-50-47-44-41-38-36-34-32-30-28-26-23-20-17-14-11-8-5-2/h7,9-10,12-13,16-23,25-27,29,31,33,35,37,39-40,42,59H,4-6,8,11,14-15,24,28,30,32,34,36,38,41,43-58H2,1-3H3/b10-7-,12-9-,16-13-,20-17-,21-18-,22-19-,26-23-,27-25-,31-29+,35-33-,40-37-,42-39-. The molecule has 0 bridgehead atoms. The molecule has 380 valence electrons. The molecule has 0 fully saturated rings. The van der Waals surface area contributed by atoms with Crippen LogP contribution >= 0.6 is 0 Å². The highest BCUT2D eigenvalue weighted by atomic mass is 16.6. The van der Waals surface area contributed by atoms with Gasteiger partial charge in [-0.25, -0.2) is 0 Å². The normalized spacial score (nSPS) is 13.3. The van der Waals surface area contributed by atoms with Crippen LogP contribution in [0.2, 0.25) is 0 Å². The molecule has 0 aromatic carbocycles. The zero-order chi connectivity index (χ0) is 49.3. The number of carbonyl (C=O) groups is 3. The summed E-state index contributed by atoms with van der Waals surface area (Å²) in [7, 11) is 0. The summed E-state index contributed by atoms with van der Waals surface area (Å²) in [6.07, 6.45) is 78.3. The van der Waals surface area contributed by atoms with E-state index in [0.29, 0.717) is 32.1 Å². The van der Waals surface area contributed by atoms with Crippen LogP contribution in [0.1, 0.15) is 207 Å². The first kappa shape index (κ1) is 63.3. The quantitative estimate of drug-likeness (QED) is 0.0199. The van der Waals surface area contributed by atoms with Crippen LogP contribution in [0.25, 0.3) is 0 Å². The van der Waals surface area contributed by atoms with Gasteiger partial charge in [-0.1, -0.05) is 237 Å². The summed E-state index contributed by atoms with van der Waals surface area (Å²) in [6.45, 7) is 6.25. The average Bonchev–Trinajstić information content (AvgIpc) is 3.34. The fraction of sp³-hybridized carbons (Fsp3) is 0.565. The van der Waals surface area contributed by atoms with Gasteiger partial charge >= 0.3 is 17.9 Å². The Morgan fingerprint density at radius 2 is 0.647 bits per heavy atom. The summed E-state index contributed by atoms with van der Waals surface area (Å²) >= 11 is 0. The highest BCUT2D eigenvalue weighted by Crippen LogP contribution is 2.14. The molecular formula is C62H96O6. The van der Waals surface area contributed by atoms with Crippen LogP contribution in [-0.4, -0.2) is 37.2 Å². The topological polar surface area (TPSA) is 78.9 Å². The third-order valence-electron chi connectivity index (χ3n) is 10.8. The zero-order valence-electron chi connectivity index (χ0n) is 43.3. The van der Waals surface area contributed by atoms with Crippen molar-refractivity contribution in [1.82, 2.24) is 0 Å². The number of ether oxygens (including phenoxy) is 3. The SMILES string of the molecule is CC\C=C/C=C\C=C/C=C\C=C\C=C/C=C\CCCCCC(=O)OCC(COC(=O)CCCC/C=C\C/C=C\C/C=C\CC)OC(=O)CCCCCCCCCCCC/C=C\C=C/CCCCC. The van der Waals surface area contributed by atoms with Gasteiger partial charge in [-0.15, -0.1) is 0 Å². The molecule has 68 heavy (non-hydrogen) atoms. The molecule has 0 aromatic rings. The van der Waals surface area contributed by atoms with Gasteiger partial charge in [-0.2, -0.15) is 0 Å². The van der Waals surface area contributed by atoms with Crippen molar-refractivity contribution in [3.05, 3.63) is 146 Å². The molecule has 1 unspecified atom stereocenters. The van der Waals surface area contributed by atoms with Crippen molar-refractivity contribution in [3.8, 4) is 0 Å². The molecule has 1 atom stereocenters. The zero-order valence-corrected chi connectivity index (χ0v) is 43.3. The molecule has 0 aliphatic carbocycles. The lowest BCUT2D eigenvalue weighted by Gasteiger charge is -2.18. The molecule has 0 radical (unpaired) electrons. The van der Waals surface area contributed by atoms with E-state index >= 15 is 0 Å². The van der Waals surface area contributed by atoms with E-state index < -0.39 is 6.10 Å². The van der Waals surface area contributed by atoms with E-state index in [4.69, 9.17) is 14.2 Å². The van der Waals surface area contributed by atoms with Crippen molar-refractivity contribution >= 4 is 17.9 Å². The minimum absolute atomic E-state index is 0.120. The van der Waals surface area contributed by atoms with E-state index in [1.165, 1.54) is 77.0 Å². The van der Waals surface area contributed by atoms with Crippen LogP contribution < -0.4 is 0 Å². The molecule has 0 amide bonds. The Morgan fingerprint density at radius 3 is 1.13 bits per heavy atom. The third kappa shape index (κ3) is 52.3. The number of carbonyl (C=O) groups excluding carboxylic acids is 3. The minimum atomic E-state index is -0.821. The van der Waals surface area contributed by atoms with E-state index in [1.807, 2.05) is 72.9 Å². The maximum absolute atomic E-state index is 12.8. The van der Waals surface area contributed by atoms with Crippen molar-refractivity contribution < 1.29 is 28.6 Å². The first-order valence-corrected chi connectivity index (χ1v) is 27.0. The fourth-order valence-electron chi connectivity index (χ4n) is 6.78. The fourth-order valence-corrected chi connectivity index (χ4v) is 6.78. The molecule has 6 nitrogen and oxygen atoms in total. The van der Waals surface area contributed by atoms with E-state index in [9.17, 15) is 14.4 Å². The average molecular weight is 937 g/mol. The monoisotopic (exact) mass is 937 g/mol. The van der Waals surface area contributed by atoms with Crippen LogP contribution in [0.4, 0.5) is 0 Å². The number of rotatable bonds is 46. The summed E-state index contributed by atoms with van der Waals surface area (Å²) in [4.78, 5) is 38.0. The molecule has 0 aromatic heterocycles. The van der Waals surface area contributed by atoms with Gasteiger partial charge in [0, 0.05) is 19.3 Å². The van der Waals surface area contributed by atoms with Crippen molar-refractivity contribution in [2.75, 3.05) is 13.2 Å². The van der Waals surface area contributed by atoms with E-state index in [2.05, 4.69) is 93.7 Å². The van der Waals surface area contributed by atoms with Crippen LogP contribution in [-0.2, 0) is 28.6 Å². The van der Waals surface area contributed by atoms with Gasteiger partial charge in [0.1, 0.15) is 13.2 Å². The van der Waals surface area contributed by atoms with Crippen molar-refractivity contribution in [1.29, 1.82) is 0 Å². The summed E-state index contributed by atoms with van der Waals surface area (Å²) < 4.78 is 16.7. The minimum Gasteiger partial charge on any atom is -0.462 e. The summed E-state index contributed by atoms with van der Waals surface area (Å²) in [5.74, 6) is -1.01. The molecule has 0 spiro atoms. The van der Waals surface area contributed by atoms with E-state index in [-0.39, 0.29) is 31.1 Å². The number of hydrogen-bond donors (Lipinski definition) is 0. The molecule has 0 aliphatic heterocycles. The van der Waals surface area contributed by atoms with Gasteiger partial charge in [-0.05, 0) is 96.3 Å². The lowest BCUT2D eigenvalue weighted by Crippen LogP contribution is -2.30. The number of allylic oxidation sites excluding steroid dienone is 24. The molecule has 0 aliphatic rings. The Morgan fingerprint density at radius 1 is 0.324 bits per heavy atom. The van der Waals surface area contributed by atoms with E-state index in [0.717, 1.165) is 77.0 Å². The second-order valence-corrected chi connectivity index (χ2v) is 17.2. The van der Waals surface area contributed by atoms with Crippen LogP contribution in [0, 0.1) is 0 Å². The number of unbranched alkanes of at least 4 members (excludes halogenated alkanes) is 18. The van der Waals surface area contributed by atoms with Gasteiger partial charge in [0.15, 0.2) is 6.10 Å². The number of esters is 3. The molecule has 0 heterocycles. The molecular weight excluding hydrogens is 841 g/mol. The largest absolute Gasteiger partial charge is 0.462 e. The smallest absolute Gasteiger partial charge is 0.306 e. The van der Waals surface area contributed by atoms with Gasteiger partial charge in [0.2, 0.25) is 0 Å². The Balaban J connectivity index is 4.53. The maximum atomic E-state index is 12.8. The van der Waals surface area contributed by atoms with Crippen molar-refractivity contribution in [2.45, 2.75) is 213 Å². The maximum Gasteiger partial charge on any atom is 0.306 e. The first-order valence-electron chi connectivity index (χ1n) is 27.0. The van der Waals surface area contributed by atoms with Gasteiger partial charge in [0.05, 0.1) is 0 Å². The lowest BCUT2D eigenvalue weighted by atomic mass is 10.1. The van der Waals surface area contributed by atoms with Gasteiger partial charge in [-0.3, -0.25) is 14.4 Å². The second-order valence-electron chi connectivity index (χ2n) is 17.2. The predicted molar refractivity (Wildman–Crippen MR) is 292 cm³/mol. The second kappa shape index (κ2) is 54.9. The number of hydrogen-bond acceptors (Lipinski definition) is 6. The summed E-state index contributed by atoms with van der Waals surface area (Å²) in [6, 6.07) is 0. The van der Waals surface area contributed by atoms with Gasteiger partial charge in [0.25, 0.3) is 0 Å². The summed E-state index contributed by atoms with van der Waals surface area (Å²) in [5, 5.41) is 0. The third-order valence-corrected chi connectivity index (χ3v) is 10.8. The molecule has 6 heteroatoms. The molecule has 0 rings (SSSR count). The Hall–Kier alpha value is -4.71. The Bertz CT molecular complexity index is 1540. The highest BCUT2D eigenvalue weighted by Gasteiger charge is 2.19. The molecule has 0 saturated heterocycles. The van der Waals surface area contributed by atoms with Crippen molar-refractivity contribution in [2.24, 2.45) is 0 Å². The Labute approximate surface area is 417 Å². The van der Waals surface area contributed by atoms with Crippen LogP contribution in [0.3, 0.4) is 0 Å². The Kier molecular flexibility index (Phi) is 51.1. The highest BCUT2D eigenvalue weighted by molar-refractivity contribution is 5.71. The van der Waals surface area contributed by atoms with E-state index in [1.54, 1.807) is 0 Å². The predicted octanol–water partition coefficient (Wildman–Crippen LogP) is 18.0. The molecule has 0 saturated carbocycles. The van der Waals surface area contributed by atoms with Crippen LogP contribution in [0.5, 0.6) is 0 Å². The van der Waals surface area contributed by atoms with Crippen LogP contribution in [0.15, 0.2) is 146 Å². The lowest BCUT2D eigenvalue weighted by molar-refractivity contribution is -0.167. The summed E-state index contributed by atoms with van der Waals surface area (Å²) in [5.41, 5.74) is 0. The van der Waals surface area contributed by atoms with Gasteiger partial charge < -0.3 is 14.2 Å². The molecule has 0 N–H and O–H groups in total. The van der Waals surface area contributed by atoms with Crippen molar-refractivity contribution in [3.63, 3.8) is 0 Å².